The summed E-state index contributed by atoms with van der Waals surface area (Å²) in [6.07, 6.45) is 1.64. The molecule has 1 aromatic heterocycles. The Kier molecular flexibility index (Phi) is 8.79. The van der Waals surface area contributed by atoms with Gasteiger partial charge in [0.1, 0.15) is 0 Å². The van der Waals surface area contributed by atoms with Gasteiger partial charge in [0.15, 0.2) is 9.84 Å². The van der Waals surface area contributed by atoms with Crippen LogP contribution in [0.2, 0.25) is 0 Å². The topological polar surface area (TPSA) is 150 Å². The van der Waals surface area contributed by atoms with Crippen LogP contribution in [0.4, 0.5) is 5.69 Å². The van der Waals surface area contributed by atoms with Gasteiger partial charge in [-0.3, -0.25) is 9.59 Å². The molecular formula is C30H35N4O6S+. The monoisotopic (exact) mass is 579 g/mol. The molecule has 1 aliphatic heterocycles. The number of hydrogen-bond acceptors (Lipinski definition) is 5. The van der Waals surface area contributed by atoms with Crippen molar-refractivity contribution in [2.75, 3.05) is 31.5 Å². The zero-order valence-corrected chi connectivity index (χ0v) is 24.4. The number of benzene rings is 2. The van der Waals surface area contributed by atoms with Gasteiger partial charge in [0, 0.05) is 22.6 Å². The minimum atomic E-state index is -3.80. The van der Waals surface area contributed by atoms with Crippen molar-refractivity contribution in [1.82, 2.24) is 10.3 Å². The summed E-state index contributed by atoms with van der Waals surface area (Å²) in [5.74, 6) is -1.98. The van der Waals surface area contributed by atoms with Gasteiger partial charge in [-0.1, -0.05) is 12.1 Å². The number of anilines is 1. The highest BCUT2D eigenvalue weighted by Gasteiger charge is 2.28. The van der Waals surface area contributed by atoms with Crippen LogP contribution < -0.4 is 15.5 Å². The minimum Gasteiger partial charge on any atom is -0.478 e. The number of aromatic amines is 1. The Morgan fingerprint density at radius 1 is 1.05 bits per heavy atom. The zero-order chi connectivity index (χ0) is 29.9. The van der Waals surface area contributed by atoms with E-state index in [0.717, 1.165) is 19.6 Å². The fourth-order valence-electron chi connectivity index (χ4n) is 5.00. The van der Waals surface area contributed by atoms with Crippen molar-refractivity contribution in [3.05, 3.63) is 81.7 Å². The van der Waals surface area contributed by atoms with Gasteiger partial charge in [0.05, 0.1) is 53.5 Å². The maximum Gasteiger partial charge on any atom is 0.335 e. The van der Waals surface area contributed by atoms with Gasteiger partial charge < -0.3 is 25.6 Å². The Bertz CT molecular complexity index is 1630. The molecule has 3 aromatic rings. The molecule has 2 heterocycles. The summed E-state index contributed by atoms with van der Waals surface area (Å²) < 4.78 is 26.4. The van der Waals surface area contributed by atoms with E-state index >= 15 is 0 Å². The first-order chi connectivity index (χ1) is 19.4. The summed E-state index contributed by atoms with van der Waals surface area (Å²) in [6.45, 7) is 11.2. The maximum atomic E-state index is 13.2. The van der Waals surface area contributed by atoms with Crippen molar-refractivity contribution in [3.8, 4) is 0 Å². The fraction of sp³-hybridized carbons (Fsp3) is 0.300. The number of carboxylic acid groups (broad SMARTS) is 1. The van der Waals surface area contributed by atoms with Crippen molar-refractivity contribution in [2.24, 2.45) is 0 Å². The Hall–Kier alpha value is -4.22. The van der Waals surface area contributed by atoms with E-state index in [9.17, 15) is 22.8 Å². The van der Waals surface area contributed by atoms with Crippen LogP contribution in [-0.4, -0.2) is 62.5 Å². The van der Waals surface area contributed by atoms with Crippen LogP contribution in [-0.2, 0) is 20.4 Å². The van der Waals surface area contributed by atoms with Gasteiger partial charge in [0.2, 0.25) is 0 Å². The first-order valence-electron chi connectivity index (χ1n) is 13.5. The number of sulfone groups is 1. The smallest absolute Gasteiger partial charge is 0.335 e. The van der Waals surface area contributed by atoms with Gasteiger partial charge >= 0.3 is 5.97 Å². The molecule has 0 bridgehead atoms. The highest BCUT2D eigenvalue weighted by atomic mass is 32.2. The number of hydrogen-bond donors (Lipinski definition) is 5. The predicted molar refractivity (Wildman–Crippen MR) is 157 cm³/mol. The van der Waals surface area contributed by atoms with E-state index < -0.39 is 15.8 Å². The first-order valence-corrected chi connectivity index (χ1v) is 15.1. The number of H-pyrrole nitrogens is 1. The summed E-state index contributed by atoms with van der Waals surface area (Å²) in [4.78, 5) is 41.6. The molecule has 0 radical (unpaired) electrons. The molecule has 0 saturated heterocycles. The van der Waals surface area contributed by atoms with Crippen molar-refractivity contribution in [3.63, 3.8) is 0 Å². The lowest BCUT2D eigenvalue weighted by Gasteiger charge is -2.15. The van der Waals surface area contributed by atoms with Crippen molar-refractivity contribution in [2.45, 2.75) is 38.3 Å². The Labute approximate surface area is 239 Å². The number of carbonyl (C=O) groups excluding carboxylic acids is 2. The number of amides is 2. The van der Waals surface area contributed by atoms with Gasteiger partial charge in [-0.05, 0) is 75.2 Å². The molecule has 0 unspecified atom stereocenters. The van der Waals surface area contributed by atoms with Crippen LogP contribution in [0, 0.1) is 13.8 Å². The highest BCUT2D eigenvalue weighted by Crippen LogP contribution is 2.36. The van der Waals surface area contributed by atoms with Gasteiger partial charge in [0.25, 0.3) is 11.8 Å². The van der Waals surface area contributed by atoms with E-state index in [1.165, 1.54) is 41.3 Å². The predicted octanol–water partition coefficient (Wildman–Crippen LogP) is 2.45. The third kappa shape index (κ3) is 6.41. The molecule has 0 fully saturated rings. The summed E-state index contributed by atoms with van der Waals surface area (Å²) in [5.41, 5.74) is 4.21. The number of aryl methyl sites for hydroxylation is 1. The number of nitrogens with one attached hydrogen (secondary N) is 4. The van der Waals surface area contributed by atoms with Gasteiger partial charge in [-0.15, -0.1) is 0 Å². The van der Waals surface area contributed by atoms with Crippen LogP contribution in [0.25, 0.3) is 11.6 Å². The SMILES string of the molecule is CC[NH+](CC)CCNC(=O)c1c(C)[nH]c(/C=C2\C(=O)Nc3ccc(S(=O)(=O)Cc4ccc(C(=O)O)cc4)cc32)c1C. The molecule has 0 aliphatic carbocycles. The van der Waals surface area contributed by atoms with E-state index in [-0.39, 0.29) is 33.6 Å². The van der Waals surface area contributed by atoms with Crippen molar-refractivity contribution in [1.29, 1.82) is 0 Å². The quantitative estimate of drug-likeness (QED) is 0.220. The second-order valence-electron chi connectivity index (χ2n) is 10.1. The van der Waals surface area contributed by atoms with Crippen LogP contribution in [0.5, 0.6) is 0 Å². The van der Waals surface area contributed by atoms with Crippen LogP contribution in [0.3, 0.4) is 0 Å². The Morgan fingerprint density at radius 2 is 1.73 bits per heavy atom. The molecule has 10 nitrogen and oxygen atoms in total. The highest BCUT2D eigenvalue weighted by molar-refractivity contribution is 7.90. The Balaban J connectivity index is 1.59. The van der Waals surface area contributed by atoms with E-state index in [0.29, 0.717) is 45.9 Å². The van der Waals surface area contributed by atoms with Crippen LogP contribution in [0.15, 0.2) is 47.4 Å². The number of carboxylic acids is 1. The third-order valence-corrected chi connectivity index (χ3v) is 9.13. The average molecular weight is 580 g/mol. The van der Waals surface area contributed by atoms with Crippen LogP contribution in [0.1, 0.15) is 62.6 Å². The Morgan fingerprint density at radius 3 is 2.37 bits per heavy atom. The average Bonchev–Trinajstić information content (AvgIpc) is 3.40. The van der Waals surface area contributed by atoms with E-state index in [1.54, 1.807) is 19.1 Å². The van der Waals surface area contributed by atoms with Gasteiger partial charge in [-0.25, -0.2) is 13.2 Å². The van der Waals surface area contributed by atoms with Crippen LogP contribution >= 0.6 is 0 Å². The molecule has 0 saturated carbocycles. The molecule has 1 aliphatic rings. The standard InChI is InChI=1S/C30H34N4O6S/c1-5-34(6-2)14-13-31-29(36)27-18(3)26(32-19(27)4)16-24-23-15-22(11-12-25(23)33-28(24)35)41(39,40)17-20-7-9-21(10-8-20)30(37)38/h7-12,15-16,32H,5-6,13-14,17H2,1-4H3,(H,31,36)(H,33,35)(H,37,38)/p+1/b24-16-. The minimum absolute atomic E-state index is 0.0377. The lowest BCUT2D eigenvalue weighted by Crippen LogP contribution is -3.12. The van der Waals surface area contributed by atoms with Gasteiger partial charge in [-0.2, -0.15) is 0 Å². The molecular weight excluding hydrogens is 544 g/mol. The second kappa shape index (κ2) is 12.1. The zero-order valence-electron chi connectivity index (χ0n) is 23.6. The fourth-order valence-corrected chi connectivity index (χ4v) is 6.37. The number of quaternary nitrogens is 1. The number of aromatic nitrogens is 1. The van der Waals surface area contributed by atoms with E-state index in [2.05, 4.69) is 29.5 Å². The number of likely N-dealkylation sites (N-methyl/N-ethyl adjacent to an activating group) is 1. The molecule has 0 atom stereocenters. The lowest BCUT2D eigenvalue weighted by atomic mass is 10.0. The number of aromatic carboxylic acids is 1. The second-order valence-corrected chi connectivity index (χ2v) is 12.1. The third-order valence-electron chi connectivity index (χ3n) is 7.45. The van der Waals surface area contributed by atoms with Crippen molar-refractivity contribution < 1.29 is 32.8 Å². The molecule has 0 spiro atoms. The molecule has 5 N–H and O–H groups in total. The maximum absolute atomic E-state index is 13.2. The first kappa shape index (κ1) is 29.8. The molecule has 41 heavy (non-hydrogen) atoms. The lowest BCUT2D eigenvalue weighted by molar-refractivity contribution is -0.895. The molecule has 2 amide bonds. The summed E-state index contributed by atoms with van der Waals surface area (Å²) in [6, 6.07) is 10.1. The number of fused-ring (bicyclic) bond motifs is 1. The number of carbonyl (C=O) groups is 3. The molecule has 2 aromatic carbocycles. The normalized spacial score (nSPS) is 13.9. The van der Waals surface area contributed by atoms with E-state index in [4.69, 9.17) is 5.11 Å². The molecule has 11 heteroatoms. The summed E-state index contributed by atoms with van der Waals surface area (Å²) in [7, 11) is -3.80. The molecule has 4 rings (SSSR count). The summed E-state index contributed by atoms with van der Waals surface area (Å²) >= 11 is 0. The largest absolute Gasteiger partial charge is 0.478 e. The number of rotatable bonds is 11. The summed E-state index contributed by atoms with van der Waals surface area (Å²) in [5, 5.41) is 14.8. The van der Waals surface area contributed by atoms with E-state index in [1.807, 2.05) is 6.92 Å². The van der Waals surface area contributed by atoms with Crippen molar-refractivity contribution >= 4 is 45.0 Å². The molecule has 216 valence electrons.